The number of anilines is 1. The van der Waals surface area contributed by atoms with Gasteiger partial charge in [-0.05, 0) is 54.2 Å². The number of likely N-dealkylation sites (tertiary alicyclic amines) is 1. The lowest BCUT2D eigenvalue weighted by Crippen LogP contribution is -2.40. The van der Waals surface area contributed by atoms with Crippen molar-refractivity contribution in [2.75, 3.05) is 32.1 Å². The first-order valence-corrected chi connectivity index (χ1v) is 11.5. The zero-order valence-electron chi connectivity index (χ0n) is 19.1. The molecule has 1 N–H and O–H groups in total. The molecular weight excluding hydrogens is 430 g/mol. The third kappa shape index (κ3) is 4.46. The Morgan fingerprint density at radius 3 is 2.65 bits per heavy atom. The van der Waals surface area contributed by atoms with E-state index < -0.39 is 0 Å². The molecule has 0 radical (unpaired) electrons. The number of hydrogen-bond acceptors (Lipinski definition) is 5. The van der Waals surface area contributed by atoms with E-state index in [0.29, 0.717) is 41.9 Å². The Morgan fingerprint density at radius 2 is 1.88 bits per heavy atom. The fourth-order valence-electron chi connectivity index (χ4n) is 4.96. The highest BCUT2D eigenvalue weighted by Gasteiger charge is 2.31. The van der Waals surface area contributed by atoms with E-state index in [1.165, 1.54) is 11.1 Å². The Labute approximate surface area is 198 Å². The number of amides is 2. The summed E-state index contributed by atoms with van der Waals surface area (Å²) in [5.41, 5.74) is 3.54. The van der Waals surface area contributed by atoms with Crippen LogP contribution in [-0.2, 0) is 4.79 Å². The van der Waals surface area contributed by atoms with Gasteiger partial charge in [-0.2, -0.15) is 0 Å². The van der Waals surface area contributed by atoms with E-state index in [2.05, 4.69) is 40.6 Å². The molecule has 34 heavy (non-hydrogen) atoms. The van der Waals surface area contributed by atoms with Crippen molar-refractivity contribution in [3.8, 4) is 11.6 Å². The molecular formula is C27H27N3O4. The SMILES string of the molecule is COc1cc([C@@H](c2ccccc2)C2CCN(C(=O)c3ccc4c(c3)NC(=O)CO4)CC2)ccn1. The van der Waals surface area contributed by atoms with Crippen molar-refractivity contribution >= 4 is 17.5 Å². The molecule has 2 aliphatic heterocycles. The number of rotatable bonds is 5. The monoisotopic (exact) mass is 457 g/mol. The molecule has 3 aromatic rings. The minimum Gasteiger partial charge on any atom is -0.482 e. The molecule has 2 amide bonds. The van der Waals surface area contributed by atoms with Gasteiger partial charge in [-0.15, -0.1) is 0 Å². The highest BCUT2D eigenvalue weighted by atomic mass is 16.5. The summed E-state index contributed by atoms with van der Waals surface area (Å²) in [5.74, 6) is 1.55. The quantitative estimate of drug-likeness (QED) is 0.624. The van der Waals surface area contributed by atoms with E-state index in [-0.39, 0.29) is 24.3 Å². The van der Waals surface area contributed by atoms with Gasteiger partial charge in [-0.1, -0.05) is 30.3 Å². The first-order chi connectivity index (χ1) is 16.6. The summed E-state index contributed by atoms with van der Waals surface area (Å²) in [5, 5.41) is 2.78. The maximum absolute atomic E-state index is 13.2. The minimum atomic E-state index is -0.211. The molecule has 1 fully saturated rings. The lowest BCUT2D eigenvalue weighted by molar-refractivity contribution is -0.118. The van der Waals surface area contributed by atoms with E-state index in [1.54, 1.807) is 31.5 Å². The Bertz CT molecular complexity index is 1190. The van der Waals surface area contributed by atoms with Crippen molar-refractivity contribution in [3.63, 3.8) is 0 Å². The fraction of sp³-hybridized carbons (Fsp3) is 0.296. The van der Waals surface area contributed by atoms with Crippen molar-refractivity contribution in [2.24, 2.45) is 5.92 Å². The first-order valence-electron chi connectivity index (χ1n) is 11.5. The molecule has 2 aromatic carbocycles. The molecule has 5 rings (SSSR count). The van der Waals surface area contributed by atoms with Gasteiger partial charge in [-0.25, -0.2) is 4.98 Å². The Balaban J connectivity index is 1.33. The fourth-order valence-corrected chi connectivity index (χ4v) is 4.96. The third-order valence-corrected chi connectivity index (χ3v) is 6.64. The molecule has 3 heterocycles. The van der Waals surface area contributed by atoms with Crippen molar-refractivity contribution < 1.29 is 19.1 Å². The van der Waals surface area contributed by atoms with Gasteiger partial charge in [0.2, 0.25) is 5.88 Å². The van der Waals surface area contributed by atoms with Gasteiger partial charge < -0.3 is 19.7 Å². The van der Waals surface area contributed by atoms with Crippen molar-refractivity contribution in [1.29, 1.82) is 0 Å². The molecule has 7 heteroatoms. The largest absolute Gasteiger partial charge is 0.482 e. The molecule has 1 saturated heterocycles. The standard InChI is InChI=1S/C27H27N3O4/c1-33-25-16-20(9-12-28-25)26(18-5-3-2-4-6-18)19-10-13-30(14-11-19)27(32)21-7-8-23-22(15-21)29-24(31)17-34-23/h2-9,12,15-16,19,26H,10-11,13-14,17H2,1H3,(H,29,31)/t26-/m0/s1. The lowest BCUT2D eigenvalue weighted by atomic mass is 9.76. The third-order valence-electron chi connectivity index (χ3n) is 6.64. The summed E-state index contributed by atoms with van der Waals surface area (Å²) in [6, 6.07) is 19.8. The average Bonchev–Trinajstić information content (AvgIpc) is 2.89. The van der Waals surface area contributed by atoms with Crippen molar-refractivity contribution in [1.82, 2.24) is 9.88 Å². The van der Waals surface area contributed by atoms with Gasteiger partial charge in [0.1, 0.15) is 5.75 Å². The topological polar surface area (TPSA) is 80.8 Å². The number of hydrogen-bond donors (Lipinski definition) is 1. The molecule has 0 spiro atoms. The molecule has 0 bridgehead atoms. The molecule has 0 unspecified atom stereocenters. The molecule has 1 atom stereocenters. The highest BCUT2D eigenvalue weighted by Crippen LogP contribution is 2.39. The average molecular weight is 458 g/mol. The number of benzene rings is 2. The molecule has 0 saturated carbocycles. The van der Waals surface area contributed by atoms with E-state index in [1.807, 2.05) is 17.0 Å². The second-order valence-electron chi connectivity index (χ2n) is 8.70. The maximum atomic E-state index is 13.2. The predicted molar refractivity (Wildman–Crippen MR) is 128 cm³/mol. The number of fused-ring (bicyclic) bond motifs is 1. The van der Waals surface area contributed by atoms with E-state index in [9.17, 15) is 9.59 Å². The number of carbonyl (C=O) groups excluding carboxylic acids is 2. The Hall–Kier alpha value is -3.87. The predicted octanol–water partition coefficient (Wildman–Crippen LogP) is 4.11. The maximum Gasteiger partial charge on any atom is 0.262 e. The summed E-state index contributed by atoms with van der Waals surface area (Å²) >= 11 is 0. The van der Waals surface area contributed by atoms with Crippen LogP contribution >= 0.6 is 0 Å². The molecule has 7 nitrogen and oxygen atoms in total. The molecule has 0 aliphatic carbocycles. The van der Waals surface area contributed by atoms with Crippen LogP contribution in [0.15, 0.2) is 66.9 Å². The van der Waals surface area contributed by atoms with Gasteiger partial charge >= 0.3 is 0 Å². The zero-order chi connectivity index (χ0) is 23.5. The summed E-state index contributed by atoms with van der Waals surface area (Å²) in [6.45, 7) is 1.35. The zero-order valence-corrected chi connectivity index (χ0v) is 19.1. The lowest BCUT2D eigenvalue weighted by Gasteiger charge is -2.37. The normalized spacial score (nSPS) is 16.7. The summed E-state index contributed by atoms with van der Waals surface area (Å²) in [6.07, 6.45) is 3.57. The van der Waals surface area contributed by atoms with Gasteiger partial charge in [0.15, 0.2) is 6.61 Å². The molecule has 2 aliphatic rings. The van der Waals surface area contributed by atoms with Crippen LogP contribution in [-0.4, -0.2) is 48.5 Å². The van der Waals surface area contributed by atoms with Crippen molar-refractivity contribution in [2.45, 2.75) is 18.8 Å². The second kappa shape index (κ2) is 9.55. The van der Waals surface area contributed by atoms with Crippen LogP contribution in [0.25, 0.3) is 0 Å². The second-order valence-corrected chi connectivity index (χ2v) is 8.70. The smallest absolute Gasteiger partial charge is 0.262 e. The van der Waals surface area contributed by atoms with Gasteiger partial charge in [0.25, 0.3) is 11.8 Å². The number of nitrogens with zero attached hydrogens (tertiary/aromatic N) is 2. The van der Waals surface area contributed by atoms with Crippen LogP contribution in [0.4, 0.5) is 5.69 Å². The van der Waals surface area contributed by atoms with Crippen LogP contribution in [0.5, 0.6) is 11.6 Å². The van der Waals surface area contributed by atoms with Gasteiger partial charge in [0.05, 0.1) is 12.8 Å². The number of pyridine rings is 1. The van der Waals surface area contributed by atoms with Gasteiger partial charge in [0, 0.05) is 36.8 Å². The Kier molecular flexibility index (Phi) is 6.16. The summed E-state index contributed by atoms with van der Waals surface area (Å²) in [7, 11) is 1.63. The van der Waals surface area contributed by atoms with Gasteiger partial charge in [-0.3, -0.25) is 9.59 Å². The van der Waals surface area contributed by atoms with Crippen LogP contribution in [0.2, 0.25) is 0 Å². The minimum absolute atomic E-state index is 0.000259. The Morgan fingerprint density at radius 1 is 1.09 bits per heavy atom. The number of piperidine rings is 1. The van der Waals surface area contributed by atoms with Crippen LogP contribution in [0.1, 0.15) is 40.2 Å². The van der Waals surface area contributed by atoms with Crippen LogP contribution < -0.4 is 14.8 Å². The molecule has 1 aromatic heterocycles. The number of carbonyl (C=O) groups is 2. The van der Waals surface area contributed by atoms with E-state index in [4.69, 9.17) is 9.47 Å². The van der Waals surface area contributed by atoms with E-state index in [0.717, 1.165) is 12.8 Å². The van der Waals surface area contributed by atoms with Crippen LogP contribution in [0, 0.1) is 5.92 Å². The number of aromatic nitrogens is 1. The van der Waals surface area contributed by atoms with E-state index >= 15 is 0 Å². The van der Waals surface area contributed by atoms with Crippen molar-refractivity contribution in [3.05, 3.63) is 83.6 Å². The van der Waals surface area contributed by atoms with Crippen LogP contribution in [0.3, 0.4) is 0 Å². The first kappa shape index (κ1) is 21.9. The highest BCUT2D eigenvalue weighted by molar-refractivity contribution is 5.99. The summed E-state index contributed by atoms with van der Waals surface area (Å²) in [4.78, 5) is 31.0. The number of nitrogens with one attached hydrogen (secondary N) is 1. The number of ether oxygens (including phenoxy) is 2. The summed E-state index contributed by atoms with van der Waals surface area (Å²) < 4.78 is 10.8. The number of methoxy groups -OCH3 is 1. The molecule has 174 valence electrons.